The molecule has 2 aromatic rings. The lowest BCUT2D eigenvalue weighted by atomic mass is 9.87. The van der Waals surface area contributed by atoms with Crippen LogP contribution in [0, 0.1) is 0 Å². The monoisotopic (exact) mass is 393 g/mol. The molecule has 0 saturated carbocycles. The van der Waals surface area contributed by atoms with Crippen molar-refractivity contribution < 1.29 is 14.4 Å². The van der Waals surface area contributed by atoms with E-state index in [9.17, 15) is 14.4 Å². The zero-order valence-electron chi connectivity index (χ0n) is 17.3. The highest BCUT2D eigenvalue weighted by atomic mass is 16.2. The van der Waals surface area contributed by atoms with E-state index >= 15 is 0 Å². The molecule has 1 aliphatic rings. The van der Waals surface area contributed by atoms with E-state index in [0.717, 1.165) is 16.1 Å². The molecule has 152 valence electrons. The molecule has 3 rings (SSSR count). The molecule has 0 radical (unpaired) electrons. The van der Waals surface area contributed by atoms with Crippen LogP contribution in [0.5, 0.6) is 0 Å². The van der Waals surface area contributed by atoms with Crippen LogP contribution in [0.15, 0.2) is 54.6 Å². The van der Waals surface area contributed by atoms with Gasteiger partial charge in [0.2, 0.25) is 0 Å². The molecule has 2 aromatic carbocycles. The number of carbonyl (C=O) groups is 3. The molecule has 1 fully saturated rings. The van der Waals surface area contributed by atoms with Crippen molar-refractivity contribution in [2.75, 3.05) is 0 Å². The second-order valence-electron chi connectivity index (χ2n) is 8.66. The number of hydrogen-bond donors (Lipinski definition) is 2. The molecule has 1 saturated heterocycles. The molecule has 6 heteroatoms. The van der Waals surface area contributed by atoms with Crippen molar-refractivity contribution in [1.82, 2.24) is 15.8 Å². The van der Waals surface area contributed by atoms with Crippen LogP contribution in [0.3, 0.4) is 0 Å². The van der Waals surface area contributed by atoms with Gasteiger partial charge in [0.1, 0.15) is 5.54 Å². The number of amides is 4. The third-order valence-corrected chi connectivity index (χ3v) is 5.24. The lowest BCUT2D eigenvalue weighted by Crippen LogP contribution is -2.48. The Hall–Kier alpha value is -3.15. The van der Waals surface area contributed by atoms with E-state index in [1.54, 1.807) is 19.1 Å². The number of hydrogen-bond acceptors (Lipinski definition) is 3. The summed E-state index contributed by atoms with van der Waals surface area (Å²) in [4.78, 5) is 37.7. The van der Waals surface area contributed by atoms with Gasteiger partial charge in [-0.05, 0) is 48.4 Å². The van der Waals surface area contributed by atoms with Crippen molar-refractivity contribution in [3.8, 4) is 0 Å². The highest BCUT2D eigenvalue weighted by molar-refractivity contribution is 6.09. The second-order valence-corrected chi connectivity index (χ2v) is 8.66. The third kappa shape index (κ3) is 4.47. The van der Waals surface area contributed by atoms with Gasteiger partial charge in [0.05, 0.1) is 0 Å². The maximum absolute atomic E-state index is 12.8. The number of carbonyl (C=O) groups excluding carboxylic acids is 3. The highest BCUT2D eigenvalue weighted by Gasteiger charge is 2.48. The third-order valence-electron chi connectivity index (χ3n) is 5.24. The van der Waals surface area contributed by atoms with Crippen LogP contribution in [0.1, 0.15) is 55.6 Å². The topological polar surface area (TPSA) is 78.5 Å². The average molecular weight is 393 g/mol. The molecular formula is C23H27N3O3. The summed E-state index contributed by atoms with van der Waals surface area (Å²) < 4.78 is 0. The number of urea groups is 1. The molecule has 1 unspecified atom stereocenters. The van der Waals surface area contributed by atoms with E-state index in [1.165, 1.54) is 0 Å². The Kier molecular flexibility index (Phi) is 5.46. The predicted octanol–water partition coefficient (Wildman–Crippen LogP) is 3.57. The molecule has 0 bridgehead atoms. The van der Waals surface area contributed by atoms with E-state index in [4.69, 9.17) is 0 Å². The molecule has 0 aromatic heterocycles. The Morgan fingerprint density at radius 3 is 2.24 bits per heavy atom. The summed E-state index contributed by atoms with van der Waals surface area (Å²) in [5.74, 6) is -0.959. The fourth-order valence-corrected chi connectivity index (χ4v) is 3.28. The maximum atomic E-state index is 12.8. The molecule has 1 aliphatic heterocycles. The minimum atomic E-state index is -1.06. The summed E-state index contributed by atoms with van der Waals surface area (Å²) in [6.45, 7) is 7.95. The Bertz CT molecular complexity index is 917. The van der Waals surface area contributed by atoms with E-state index in [1.807, 2.05) is 42.5 Å². The second kappa shape index (κ2) is 7.70. The molecule has 2 N–H and O–H groups in total. The largest absolute Gasteiger partial charge is 0.344 e. The molecule has 0 aliphatic carbocycles. The maximum Gasteiger partial charge on any atom is 0.344 e. The van der Waals surface area contributed by atoms with Crippen LogP contribution in [-0.4, -0.2) is 28.4 Å². The first kappa shape index (κ1) is 20.6. The van der Waals surface area contributed by atoms with Crippen molar-refractivity contribution in [1.29, 1.82) is 0 Å². The van der Waals surface area contributed by atoms with Gasteiger partial charge < -0.3 is 5.32 Å². The van der Waals surface area contributed by atoms with Crippen LogP contribution in [0.2, 0.25) is 0 Å². The van der Waals surface area contributed by atoms with Crippen molar-refractivity contribution in [2.24, 2.45) is 0 Å². The van der Waals surface area contributed by atoms with E-state index in [-0.39, 0.29) is 5.41 Å². The highest BCUT2D eigenvalue weighted by Crippen LogP contribution is 2.24. The predicted molar refractivity (Wildman–Crippen MR) is 111 cm³/mol. The Labute approximate surface area is 171 Å². The van der Waals surface area contributed by atoms with Gasteiger partial charge in [-0.2, -0.15) is 5.01 Å². The standard InChI is InChI=1S/C23H27N3O3/c1-22(2,3)18-12-10-17(11-13-18)19(27)25-26-20(28)23(4,24-21(26)29)15-14-16-8-6-5-7-9-16/h5-13H,14-15H2,1-4H3,(H,24,29)(H,25,27). The lowest BCUT2D eigenvalue weighted by Gasteiger charge is -2.22. The quantitative estimate of drug-likeness (QED) is 0.762. The first-order chi connectivity index (χ1) is 13.6. The summed E-state index contributed by atoms with van der Waals surface area (Å²) >= 11 is 0. The van der Waals surface area contributed by atoms with Gasteiger partial charge in [-0.25, -0.2) is 4.79 Å². The van der Waals surface area contributed by atoms with Gasteiger partial charge in [-0.15, -0.1) is 0 Å². The number of aryl methyl sites for hydroxylation is 1. The summed E-state index contributed by atoms with van der Waals surface area (Å²) in [5, 5.41) is 3.49. The molecular weight excluding hydrogens is 366 g/mol. The minimum absolute atomic E-state index is 0.0274. The summed E-state index contributed by atoms with van der Waals surface area (Å²) in [6.07, 6.45) is 1.08. The van der Waals surface area contributed by atoms with Crippen molar-refractivity contribution in [2.45, 2.75) is 51.5 Å². The Balaban J connectivity index is 1.67. The van der Waals surface area contributed by atoms with Gasteiger partial charge in [0, 0.05) is 5.56 Å². The Morgan fingerprint density at radius 2 is 1.66 bits per heavy atom. The van der Waals surface area contributed by atoms with Gasteiger partial charge in [0.15, 0.2) is 0 Å². The zero-order valence-corrected chi connectivity index (χ0v) is 17.3. The summed E-state index contributed by atoms with van der Waals surface area (Å²) in [5.41, 5.74) is 3.91. The number of hydrazine groups is 1. The van der Waals surface area contributed by atoms with Crippen LogP contribution in [-0.2, 0) is 16.6 Å². The van der Waals surface area contributed by atoms with Gasteiger partial charge in [-0.1, -0.05) is 63.2 Å². The normalized spacial score (nSPS) is 19.2. The van der Waals surface area contributed by atoms with E-state index in [0.29, 0.717) is 18.4 Å². The van der Waals surface area contributed by atoms with Gasteiger partial charge in [-0.3, -0.25) is 15.0 Å². The first-order valence-corrected chi connectivity index (χ1v) is 9.72. The molecule has 1 heterocycles. The number of nitrogens with one attached hydrogen (secondary N) is 2. The van der Waals surface area contributed by atoms with Crippen LogP contribution < -0.4 is 10.7 Å². The molecule has 29 heavy (non-hydrogen) atoms. The summed E-state index contributed by atoms with van der Waals surface area (Å²) in [6, 6.07) is 16.3. The minimum Gasteiger partial charge on any atom is -0.322 e. The SMILES string of the molecule is CC1(CCc2ccccc2)NC(=O)N(NC(=O)c2ccc(C(C)(C)C)cc2)C1=O. The molecule has 0 spiro atoms. The fourth-order valence-electron chi connectivity index (χ4n) is 3.28. The number of nitrogens with zero attached hydrogens (tertiary/aromatic N) is 1. The smallest absolute Gasteiger partial charge is 0.322 e. The molecule has 1 atom stereocenters. The number of imide groups is 1. The summed E-state index contributed by atoms with van der Waals surface area (Å²) in [7, 11) is 0. The first-order valence-electron chi connectivity index (χ1n) is 9.72. The lowest BCUT2D eigenvalue weighted by molar-refractivity contribution is -0.132. The van der Waals surface area contributed by atoms with E-state index in [2.05, 4.69) is 31.5 Å². The van der Waals surface area contributed by atoms with Gasteiger partial charge >= 0.3 is 6.03 Å². The van der Waals surface area contributed by atoms with Crippen LogP contribution >= 0.6 is 0 Å². The zero-order chi connectivity index (χ0) is 21.2. The van der Waals surface area contributed by atoms with Crippen LogP contribution in [0.4, 0.5) is 4.79 Å². The number of benzene rings is 2. The molecule has 6 nitrogen and oxygen atoms in total. The van der Waals surface area contributed by atoms with Gasteiger partial charge in [0.25, 0.3) is 11.8 Å². The number of rotatable bonds is 5. The average Bonchev–Trinajstić information content (AvgIpc) is 2.90. The van der Waals surface area contributed by atoms with Crippen molar-refractivity contribution >= 4 is 17.8 Å². The fraction of sp³-hybridized carbons (Fsp3) is 0.348. The Morgan fingerprint density at radius 1 is 1.03 bits per heavy atom. The van der Waals surface area contributed by atoms with Crippen molar-refractivity contribution in [3.05, 3.63) is 71.3 Å². The van der Waals surface area contributed by atoms with Crippen LogP contribution in [0.25, 0.3) is 0 Å². The van der Waals surface area contributed by atoms with Crippen molar-refractivity contribution in [3.63, 3.8) is 0 Å². The van der Waals surface area contributed by atoms with E-state index < -0.39 is 23.4 Å². The molecule has 4 amide bonds.